The Morgan fingerprint density at radius 2 is 1.90 bits per heavy atom. The van der Waals surface area contributed by atoms with Crippen LogP contribution in [0.2, 0.25) is 0 Å². The summed E-state index contributed by atoms with van der Waals surface area (Å²) >= 11 is 0. The van der Waals surface area contributed by atoms with Crippen LogP contribution in [0.15, 0.2) is 57.8 Å². The maximum absolute atomic E-state index is 13.9. The molecule has 0 saturated heterocycles. The lowest BCUT2D eigenvalue weighted by atomic mass is 9.81. The minimum absolute atomic E-state index is 0.152. The molecule has 0 spiro atoms. The summed E-state index contributed by atoms with van der Waals surface area (Å²) in [6, 6.07) is 9.32. The van der Waals surface area contributed by atoms with E-state index in [1.54, 1.807) is 6.08 Å². The molecular weight excluding hydrogens is 379 g/mol. The third kappa shape index (κ3) is 3.18. The van der Waals surface area contributed by atoms with Crippen molar-refractivity contribution in [1.29, 1.82) is 0 Å². The predicted molar refractivity (Wildman–Crippen MR) is 107 cm³/mol. The summed E-state index contributed by atoms with van der Waals surface area (Å²) < 4.78 is 44.1. The highest BCUT2D eigenvalue weighted by atomic mass is 19.3. The Labute approximate surface area is 166 Å². The lowest BCUT2D eigenvalue weighted by Crippen LogP contribution is -2.40. The molecule has 2 aliphatic heterocycles. The fraction of sp³-hybridized carbons (Fsp3) is 0.238. The van der Waals surface area contributed by atoms with Crippen molar-refractivity contribution < 1.29 is 26.9 Å². The van der Waals surface area contributed by atoms with E-state index in [1.165, 1.54) is 24.6 Å². The number of fused-ring (bicyclic) bond motifs is 2. The molecule has 3 heterocycles. The predicted octanol–water partition coefficient (Wildman–Crippen LogP) is 4.34. The molecule has 8 heteroatoms. The Bertz CT molecular complexity index is 1160. The van der Waals surface area contributed by atoms with Crippen molar-refractivity contribution >= 4 is 24.3 Å². The Kier molecular flexibility index (Phi) is 4.26. The van der Waals surface area contributed by atoms with Gasteiger partial charge < -0.3 is 22.4 Å². The number of allylic oxidation sites excluding steroid dienone is 3. The Balaban J connectivity index is 1.75. The molecule has 2 aliphatic rings. The monoisotopic (exact) mass is 399 g/mol. The second kappa shape index (κ2) is 6.44. The lowest BCUT2D eigenvalue weighted by Gasteiger charge is -2.35. The van der Waals surface area contributed by atoms with Crippen LogP contribution in [0.25, 0.3) is 5.76 Å². The van der Waals surface area contributed by atoms with Gasteiger partial charge in [0.25, 0.3) is 0 Å². The third-order valence-corrected chi connectivity index (χ3v) is 5.26. The summed E-state index contributed by atoms with van der Waals surface area (Å²) in [4.78, 5) is 12.2. The van der Waals surface area contributed by atoms with Crippen LogP contribution in [0, 0.1) is 6.92 Å². The van der Waals surface area contributed by atoms with Gasteiger partial charge in [-0.1, -0.05) is 24.3 Å². The average Bonchev–Trinajstić information content (AvgIpc) is 2.81. The molecule has 0 bridgehead atoms. The first kappa shape index (κ1) is 19.2. The van der Waals surface area contributed by atoms with E-state index in [2.05, 4.69) is 33.8 Å². The molecule has 0 N–H and O–H groups in total. The van der Waals surface area contributed by atoms with Gasteiger partial charge in [-0.2, -0.15) is 4.58 Å². The summed E-state index contributed by atoms with van der Waals surface area (Å²) in [5.41, 5.74) is 2.04. The van der Waals surface area contributed by atoms with Gasteiger partial charge in [-0.05, 0) is 26.8 Å². The Morgan fingerprint density at radius 3 is 2.62 bits per heavy atom. The molecule has 4 rings (SSSR count). The number of para-hydroxylation sites is 1. The van der Waals surface area contributed by atoms with E-state index in [9.17, 15) is 13.4 Å². The summed E-state index contributed by atoms with van der Waals surface area (Å²) in [7, 11) is -2.62. The van der Waals surface area contributed by atoms with Crippen LogP contribution in [-0.4, -0.2) is 24.4 Å². The Hall–Kier alpha value is -3.16. The van der Waals surface area contributed by atoms with Crippen molar-refractivity contribution in [3.05, 3.63) is 75.9 Å². The maximum atomic E-state index is 13.9. The molecular formula is C21H20BF2NO4. The van der Waals surface area contributed by atoms with Crippen molar-refractivity contribution in [2.75, 3.05) is 7.05 Å². The van der Waals surface area contributed by atoms with Crippen molar-refractivity contribution in [1.82, 2.24) is 0 Å². The first-order chi connectivity index (χ1) is 13.6. The second-order valence-electron chi connectivity index (χ2n) is 7.63. The van der Waals surface area contributed by atoms with E-state index in [0.717, 1.165) is 11.4 Å². The number of rotatable bonds is 2. The molecule has 0 aliphatic carbocycles. The van der Waals surface area contributed by atoms with Crippen LogP contribution < -0.4 is 10.3 Å². The lowest BCUT2D eigenvalue weighted by molar-refractivity contribution is -0.401. The summed E-state index contributed by atoms with van der Waals surface area (Å²) in [6.45, 7) is 5.68. The zero-order valence-corrected chi connectivity index (χ0v) is 16.5. The fourth-order valence-electron chi connectivity index (χ4n) is 3.93. The van der Waals surface area contributed by atoms with Gasteiger partial charge in [0.05, 0.1) is 16.9 Å². The smallest absolute Gasteiger partial charge is 0.627 e. The number of hydrogen-bond donors (Lipinski definition) is 0. The molecule has 0 fully saturated rings. The van der Waals surface area contributed by atoms with Gasteiger partial charge in [-0.25, -0.2) is 4.79 Å². The van der Waals surface area contributed by atoms with Gasteiger partial charge in [0, 0.05) is 23.8 Å². The SMILES string of the molecule is Cc1cc2c(c(=O)o1)C(=CC=CC1=[N+](C)c3ccccc3C1(C)C)O[B-](F)(F)O2. The number of benzene rings is 1. The van der Waals surface area contributed by atoms with Crippen LogP contribution in [-0.2, 0) is 10.1 Å². The van der Waals surface area contributed by atoms with Crippen molar-refractivity contribution in [2.45, 2.75) is 26.2 Å². The minimum atomic E-state index is -4.57. The Morgan fingerprint density at radius 1 is 1.17 bits per heavy atom. The average molecular weight is 399 g/mol. The van der Waals surface area contributed by atoms with Gasteiger partial charge in [-0.3, -0.25) is 0 Å². The molecule has 150 valence electrons. The number of halogens is 2. The zero-order chi connectivity index (χ0) is 21.0. The first-order valence-electron chi connectivity index (χ1n) is 9.22. The number of aryl methyl sites for hydroxylation is 1. The quantitative estimate of drug-likeness (QED) is 0.557. The molecule has 0 radical (unpaired) electrons. The van der Waals surface area contributed by atoms with E-state index >= 15 is 0 Å². The number of hydrogen-bond acceptors (Lipinski definition) is 4. The molecule has 0 amide bonds. The molecule has 1 aromatic heterocycles. The molecule has 5 nitrogen and oxygen atoms in total. The normalized spacial score (nSPS) is 20.4. The van der Waals surface area contributed by atoms with Gasteiger partial charge in [0.2, 0.25) is 5.69 Å². The van der Waals surface area contributed by atoms with E-state index in [4.69, 9.17) is 4.42 Å². The van der Waals surface area contributed by atoms with Gasteiger partial charge in [0.1, 0.15) is 18.4 Å². The van der Waals surface area contributed by atoms with Gasteiger partial charge >= 0.3 is 12.7 Å². The van der Waals surface area contributed by atoms with Gasteiger partial charge in [0.15, 0.2) is 5.71 Å². The van der Waals surface area contributed by atoms with Crippen molar-refractivity contribution in [3.8, 4) is 5.75 Å². The molecule has 0 saturated carbocycles. The highest BCUT2D eigenvalue weighted by Crippen LogP contribution is 2.39. The molecule has 1 aromatic carbocycles. The largest absolute Gasteiger partial charge is 0.725 e. The maximum Gasteiger partial charge on any atom is 0.725 e. The third-order valence-electron chi connectivity index (χ3n) is 5.26. The van der Waals surface area contributed by atoms with Crippen LogP contribution in [0.5, 0.6) is 5.75 Å². The van der Waals surface area contributed by atoms with E-state index in [1.807, 2.05) is 31.3 Å². The van der Waals surface area contributed by atoms with E-state index < -0.39 is 12.7 Å². The van der Waals surface area contributed by atoms with Crippen LogP contribution >= 0.6 is 0 Å². The van der Waals surface area contributed by atoms with E-state index in [-0.39, 0.29) is 28.2 Å². The molecule has 2 aromatic rings. The fourth-order valence-corrected chi connectivity index (χ4v) is 3.93. The minimum Gasteiger partial charge on any atom is -0.627 e. The topological polar surface area (TPSA) is 51.7 Å². The summed E-state index contributed by atoms with van der Waals surface area (Å²) in [5, 5.41) is 0. The summed E-state index contributed by atoms with van der Waals surface area (Å²) in [5.74, 6) is -0.342. The van der Waals surface area contributed by atoms with E-state index in [0.29, 0.717) is 0 Å². The summed E-state index contributed by atoms with van der Waals surface area (Å²) in [6.07, 6.45) is 4.75. The first-order valence-corrected chi connectivity index (χ1v) is 9.22. The van der Waals surface area contributed by atoms with Crippen LogP contribution in [0.4, 0.5) is 14.3 Å². The molecule has 0 atom stereocenters. The zero-order valence-electron chi connectivity index (χ0n) is 16.5. The molecule has 29 heavy (non-hydrogen) atoms. The highest BCUT2D eigenvalue weighted by molar-refractivity contribution is 6.54. The van der Waals surface area contributed by atoms with Crippen LogP contribution in [0.1, 0.15) is 30.7 Å². The van der Waals surface area contributed by atoms with Crippen LogP contribution in [0.3, 0.4) is 0 Å². The molecule has 0 unspecified atom stereocenters. The van der Waals surface area contributed by atoms with Crippen molar-refractivity contribution in [3.63, 3.8) is 0 Å². The van der Waals surface area contributed by atoms with Gasteiger partial charge in [-0.15, -0.1) is 0 Å². The standard InChI is InChI=1S/C21H20BF2NO4/c1-13-12-17-19(20(26)27-13)16(28-22(23,24)29-17)10-7-11-18-21(2,3)14-8-5-6-9-15(14)25(18)4/h5-12H,1-4H3. The number of nitrogens with zero attached hydrogens (tertiary/aromatic N) is 1. The highest BCUT2D eigenvalue weighted by Gasteiger charge is 2.43. The second-order valence-corrected chi connectivity index (χ2v) is 7.63. The van der Waals surface area contributed by atoms with Crippen molar-refractivity contribution in [2.24, 2.45) is 0 Å².